The minimum atomic E-state index is -0.116. The number of carbonyl (C=O) groups excluding carboxylic acids is 1. The zero-order chi connectivity index (χ0) is 18.6. The fourth-order valence-electron chi connectivity index (χ4n) is 3.19. The van der Waals surface area contributed by atoms with Crippen LogP contribution in [-0.4, -0.2) is 39.6 Å². The fraction of sp³-hybridized carbons (Fsp3) is 0.190. The smallest absolute Gasteiger partial charge is 0.253 e. The van der Waals surface area contributed by atoms with Crippen LogP contribution >= 0.6 is 0 Å². The second kappa shape index (κ2) is 7.34. The molecule has 1 unspecified atom stereocenters. The minimum Gasteiger partial charge on any atom is -0.472 e. The summed E-state index contributed by atoms with van der Waals surface area (Å²) in [4.78, 5) is 18.7. The van der Waals surface area contributed by atoms with E-state index in [2.05, 4.69) is 11.1 Å². The van der Waals surface area contributed by atoms with Crippen LogP contribution in [0.15, 0.2) is 67.1 Å². The van der Waals surface area contributed by atoms with Crippen molar-refractivity contribution in [3.8, 4) is 17.6 Å². The van der Waals surface area contributed by atoms with E-state index in [-0.39, 0.29) is 12.0 Å². The third-order valence-electron chi connectivity index (χ3n) is 4.60. The molecule has 6 nitrogen and oxygen atoms in total. The third kappa shape index (κ3) is 3.67. The van der Waals surface area contributed by atoms with Crippen LogP contribution in [0.1, 0.15) is 22.3 Å². The molecule has 3 heterocycles. The summed E-state index contributed by atoms with van der Waals surface area (Å²) in [6.07, 6.45) is 6.11. The topological polar surface area (TPSA) is 71.2 Å². The Balaban J connectivity index is 1.39. The average molecular weight is 358 g/mol. The van der Waals surface area contributed by atoms with Crippen LogP contribution in [0, 0.1) is 11.3 Å². The van der Waals surface area contributed by atoms with Crippen LogP contribution in [0.25, 0.3) is 5.69 Å². The van der Waals surface area contributed by atoms with E-state index in [0.29, 0.717) is 30.1 Å². The summed E-state index contributed by atoms with van der Waals surface area (Å²) in [5.41, 5.74) is 2.19. The highest BCUT2D eigenvalue weighted by molar-refractivity contribution is 5.94. The maximum absolute atomic E-state index is 12.7. The molecule has 1 amide bonds. The number of rotatable bonds is 4. The van der Waals surface area contributed by atoms with Crippen molar-refractivity contribution in [2.24, 2.45) is 0 Å². The van der Waals surface area contributed by atoms with Crippen molar-refractivity contribution in [3.05, 3.63) is 78.2 Å². The predicted octanol–water partition coefficient (Wildman–Crippen LogP) is 3.04. The molecule has 1 saturated heterocycles. The standard InChI is InChI=1S/C21H18N4O2/c22-14-16-7-9-23-20(13-16)27-19-8-12-25(15-19)21(26)17-3-5-18(6-4-17)24-10-1-2-11-24/h1-7,9-11,13,19H,8,12,15H2. The minimum absolute atomic E-state index is 0.00103. The second-order valence-corrected chi connectivity index (χ2v) is 6.41. The van der Waals surface area contributed by atoms with Crippen molar-refractivity contribution in [2.45, 2.75) is 12.5 Å². The van der Waals surface area contributed by atoms with Crippen molar-refractivity contribution in [1.82, 2.24) is 14.5 Å². The molecule has 1 aliphatic rings. The predicted molar refractivity (Wildman–Crippen MR) is 99.7 cm³/mol. The highest BCUT2D eigenvalue weighted by atomic mass is 16.5. The molecule has 1 fully saturated rings. The first-order valence-electron chi connectivity index (χ1n) is 8.78. The molecule has 0 aliphatic carbocycles. The highest BCUT2D eigenvalue weighted by Gasteiger charge is 2.28. The summed E-state index contributed by atoms with van der Waals surface area (Å²) < 4.78 is 7.84. The van der Waals surface area contributed by atoms with E-state index < -0.39 is 0 Å². The molecule has 2 aromatic heterocycles. The molecule has 0 bridgehead atoms. The highest BCUT2D eigenvalue weighted by Crippen LogP contribution is 2.20. The second-order valence-electron chi connectivity index (χ2n) is 6.41. The lowest BCUT2D eigenvalue weighted by atomic mass is 10.2. The number of carbonyl (C=O) groups is 1. The summed E-state index contributed by atoms with van der Waals surface area (Å²) in [6.45, 7) is 1.15. The molecule has 6 heteroatoms. The molecule has 0 radical (unpaired) electrons. The number of pyridine rings is 1. The van der Waals surface area contributed by atoms with Gasteiger partial charge in [-0.3, -0.25) is 4.79 Å². The summed E-state index contributed by atoms with van der Waals surface area (Å²) in [7, 11) is 0. The zero-order valence-electron chi connectivity index (χ0n) is 14.7. The van der Waals surface area contributed by atoms with Gasteiger partial charge >= 0.3 is 0 Å². The van der Waals surface area contributed by atoms with E-state index in [1.165, 1.54) is 0 Å². The van der Waals surface area contributed by atoms with Gasteiger partial charge in [0, 0.05) is 48.9 Å². The van der Waals surface area contributed by atoms with Crippen molar-refractivity contribution >= 4 is 5.91 Å². The van der Waals surface area contributed by atoms with Crippen molar-refractivity contribution in [2.75, 3.05) is 13.1 Å². The van der Waals surface area contributed by atoms with Crippen LogP contribution in [0.3, 0.4) is 0 Å². The van der Waals surface area contributed by atoms with Crippen LogP contribution in [-0.2, 0) is 0 Å². The van der Waals surface area contributed by atoms with Gasteiger partial charge in [0.2, 0.25) is 5.88 Å². The summed E-state index contributed by atoms with van der Waals surface area (Å²) >= 11 is 0. The van der Waals surface area contributed by atoms with Gasteiger partial charge in [0.05, 0.1) is 18.2 Å². The lowest BCUT2D eigenvalue weighted by molar-refractivity contribution is 0.0771. The number of nitriles is 1. The van der Waals surface area contributed by atoms with Gasteiger partial charge in [0.1, 0.15) is 6.10 Å². The van der Waals surface area contributed by atoms with E-state index in [4.69, 9.17) is 10.00 Å². The molecule has 1 aromatic carbocycles. The number of aromatic nitrogens is 2. The number of nitrogens with zero attached hydrogens (tertiary/aromatic N) is 4. The first-order chi connectivity index (χ1) is 13.2. The maximum Gasteiger partial charge on any atom is 0.253 e. The number of benzene rings is 1. The lowest BCUT2D eigenvalue weighted by Gasteiger charge is -2.17. The maximum atomic E-state index is 12.7. The van der Waals surface area contributed by atoms with Gasteiger partial charge in [0.15, 0.2) is 0 Å². The molecule has 0 N–H and O–H groups in total. The average Bonchev–Trinajstić information content (AvgIpc) is 3.40. The molecular weight excluding hydrogens is 340 g/mol. The van der Waals surface area contributed by atoms with Crippen LogP contribution < -0.4 is 4.74 Å². The molecule has 1 atom stereocenters. The van der Waals surface area contributed by atoms with Crippen molar-refractivity contribution in [1.29, 1.82) is 5.26 Å². The van der Waals surface area contributed by atoms with E-state index in [1.807, 2.05) is 53.4 Å². The number of ether oxygens (including phenoxy) is 1. The number of amides is 1. The number of hydrogen-bond acceptors (Lipinski definition) is 4. The summed E-state index contributed by atoms with van der Waals surface area (Å²) in [5.74, 6) is 0.420. The lowest BCUT2D eigenvalue weighted by Crippen LogP contribution is -2.31. The monoisotopic (exact) mass is 358 g/mol. The Morgan fingerprint density at radius 3 is 2.70 bits per heavy atom. The zero-order valence-corrected chi connectivity index (χ0v) is 14.7. The van der Waals surface area contributed by atoms with Gasteiger partial charge in [-0.1, -0.05) is 0 Å². The van der Waals surface area contributed by atoms with Gasteiger partial charge in [-0.15, -0.1) is 0 Å². The van der Waals surface area contributed by atoms with Gasteiger partial charge in [-0.2, -0.15) is 5.26 Å². The van der Waals surface area contributed by atoms with E-state index >= 15 is 0 Å². The first-order valence-corrected chi connectivity index (χ1v) is 8.78. The Morgan fingerprint density at radius 2 is 1.96 bits per heavy atom. The van der Waals surface area contributed by atoms with Gasteiger partial charge in [-0.05, 0) is 42.5 Å². The Morgan fingerprint density at radius 1 is 1.19 bits per heavy atom. The Hall–Kier alpha value is -3.59. The Labute approximate surface area is 157 Å². The SMILES string of the molecule is N#Cc1ccnc(OC2CCN(C(=O)c3ccc(-n4cccc4)cc3)C2)c1. The molecule has 1 aliphatic heterocycles. The van der Waals surface area contributed by atoms with Gasteiger partial charge < -0.3 is 14.2 Å². The fourth-order valence-corrected chi connectivity index (χ4v) is 3.19. The van der Waals surface area contributed by atoms with E-state index in [0.717, 1.165) is 12.1 Å². The van der Waals surface area contributed by atoms with E-state index in [9.17, 15) is 4.79 Å². The summed E-state index contributed by atoms with van der Waals surface area (Å²) in [6, 6.07) is 16.8. The molecule has 3 aromatic rings. The van der Waals surface area contributed by atoms with Crippen molar-refractivity contribution in [3.63, 3.8) is 0 Å². The summed E-state index contributed by atoms with van der Waals surface area (Å²) in [5, 5.41) is 8.96. The molecular formula is C21H18N4O2. The molecule has 134 valence electrons. The Bertz CT molecular complexity index is 974. The quantitative estimate of drug-likeness (QED) is 0.719. The molecule has 27 heavy (non-hydrogen) atoms. The first kappa shape index (κ1) is 16.9. The molecule has 0 spiro atoms. The number of hydrogen-bond donors (Lipinski definition) is 0. The van der Waals surface area contributed by atoms with Gasteiger partial charge in [-0.25, -0.2) is 4.98 Å². The van der Waals surface area contributed by atoms with Crippen molar-refractivity contribution < 1.29 is 9.53 Å². The van der Waals surface area contributed by atoms with Crippen LogP contribution in [0.4, 0.5) is 0 Å². The largest absolute Gasteiger partial charge is 0.472 e. The van der Waals surface area contributed by atoms with Crippen LogP contribution in [0.5, 0.6) is 5.88 Å². The normalized spacial score (nSPS) is 16.1. The van der Waals surface area contributed by atoms with Crippen LogP contribution in [0.2, 0.25) is 0 Å². The molecule has 4 rings (SSSR count). The number of likely N-dealkylation sites (tertiary alicyclic amines) is 1. The molecule has 0 saturated carbocycles. The van der Waals surface area contributed by atoms with E-state index in [1.54, 1.807) is 23.2 Å². The van der Waals surface area contributed by atoms with Gasteiger partial charge in [0.25, 0.3) is 5.91 Å². The third-order valence-corrected chi connectivity index (χ3v) is 4.60. The Kier molecular flexibility index (Phi) is 4.58.